The van der Waals surface area contributed by atoms with Crippen LogP contribution < -0.4 is 0 Å². The molecule has 4 aliphatic carbocycles. The number of hydrogen-bond donors (Lipinski definition) is 0. The Morgan fingerprint density at radius 2 is 1.43 bits per heavy atom. The minimum absolute atomic E-state index is 0.0982. The third-order valence-electron chi connectivity index (χ3n) is 6.44. The van der Waals surface area contributed by atoms with Gasteiger partial charge in [0.15, 0.2) is 0 Å². The first-order valence-electron chi connectivity index (χ1n) is 8.37. The Morgan fingerprint density at radius 3 is 1.86 bits per heavy atom. The number of hydrogen-bond acceptors (Lipinski definition) is 0. The van der Waals surface area contributed by atoms with Crippen LogP contribution in [0.25, 0.3) is 0 Å². The van der Waals surface area contributed by atoms with E-state index in [0.29, 0.717) is 10.2 Å². The van der Waals surface area contributed by atoms with Gasteiger partial charge in [-0.3, -0.25) is 0 Å². The standard InChI is InChI=1S/C19H24BrF/c1-11-3-16(21)4-12(2)17(11)18(20)19-8-13-5-14(9-19)7-15(6-13)10-19/h3-4,13-15,18H,5-10H2,1-2H3. The van der Waals surface area contributed by atoms with Crippen molar-refractivity contribution in [2.24, 2.45) is 23.2 Å². The maximum atomic E-state index is 13.6. The summed E-state index contributed by atoms with van der Waals surface area (Å²) in [6.45, 7) is 4.14. The maximum absolute atomic E-state index is 13.6. The fraction of sp³-hybridized carbons (Fsp3) is 0.684. The first-order valence-corrected chi connectivity index (χ1v) is 9.29. The number of rotatable bonds is 2. The topological polar surface area (TPSA) is 0 Å². The number of alkyl halides is 1. The van der Waals surface area contributed by atoms with E-state index >= 15 is 0 Å². The molecule has 0 nitrogen and oxygen atoms in total. The second-order valence-electron chi connectivity index (χ2n) is 8.10. The summed E-state index contributed by atoms with van der Waals surface area (Å²) in [5, 5.41) is 0. The highest BCUT2D eigenvalue weighted by Gasteiger charge is 2.54. The van der Waals surface area contributed by atoms with Gasteiger partial charge in [0.05, 0.1) is 0 Å². The molecule has 0 amide bonds. The first kappa shape index (κ1) is 14.2. The Balaban J connectivity index is 1.73. The Kier molecular flexibility index (Phi) is 3.26. The van der Waals surface area contributed by atoms with E-state index in [-0.39, 0.29) is 5.82 Å². The van der Waals surface area contributed by atoms with Crippen molar-refractivity contribution in [1.29, 1.82) is 0 Å². The van der Waals surface area contributed by atoms with Gasteiger partial charge in [0.25, 0.3) is 0 Å². The van der Waals surface area contributed by atoms with Crippen LogP contribution in [-0.4, -0.2) is 0 Å². The Labute approximate surface area is 135 Å². The summed E-state index contributed by atoms with van der Waals surface area (Å²) in [5.41, 5.74) is 4.02. The van der Waals surface area contributed by atoms with Crippen molar-refractivity contribution in [3.05, 3.63) is 34.6 Å². The molecule has 0 heterocycles. The number of halogens is 2. The van der Waals surface area contributed by atoms with Gasteiger partial charge >= 0.3 is 0 Å². The molecule has 0 saturated heterocycles. The van der Waals surface area contributed by atoms with E-state index in [1.54, 1.807) is 12.1 Å². The zero-order chi connectivity index (χ0) is 14.8. The third-order valence-corrected chi connectivity index (χ3v) is 7.86. The van der Waals surface area contributed by atoms with Gasteiger partial charge in [0.2, 0.25) is 0 Å². The molecule has 1 aromatic rings. The summed E-state index contributed by atoms with van der Waals surface area (Å²) in [6.07, 6.45) is 8.56. The van der Waals surface area contributed by atoms with Crippen LogP contribution in [0.15, 0.2) is 12.1 Å². The predicted molar refractivity (Wildman–Crippen MR) is 88.1 cm³/mol. The quantitative estimate of drug-likeness (QED) is 0.565. The van der Waals surface area contributed by atoms with Crippen molar-refractivity contribution < 1.29 is 4.39 Å². The van der Waals surface area contributed by atoms with Crippen LogP contribution in [0.2, 0.25) is 0 Å². The van der Waals surface area contributed by atoms with Gasteiger partial charge in [-0.05, 0) is 104 Å². The lowest BCUT2D eigenvalue weighted by atomic mass is 9.48. The highest BCUT2D eigenvalue weighted by molar-refractivity contribution is 9.09. The molecule has 0 radical (unpaired) electrons. The largest absolute Gasteiger partial charge is 0.207 e. The Bertz CT molecular complexity index is 519. The molecular formula is C19H24BrF. The summed E-state index contributed by atoms with van der Waals surface area (Å²) >= 11 is 4.08. The minimum atomic E-state index is -0.0982. The van der Waals surface area contributed by atoms with E-state index in [4.69, 9.17) is 0 Å². The average Bonchev–Trinajstić information content (AvgIpc) is 2.35. The van der Waals surface area contributed by atoms with Gasteiger partial charge < -0.3 is 0 Å². The predicted octanol–water partition coefficient (Wildman–Crippen LogP) is 6.09. The Morgan fingerprint density at radius 1 is 1.00 bits per heavy atom. The van der Waals surface area contributed by atoms with Crippen molar-refractivity contribution in [2.45, 2.75) is 57.2 Å². The SMILES string of the molecule is Cc1cc(F)cc(C)c1C(Br)C12CC3CC(CC(C3)C1)C2. The van der Waals surface area contributed by atoms with Crippen molar-refractivity contribution in [1.82, 2.24) is 0 Å². The van der Waals surface area contributed by atoms with Crippen LogP contribution in [-0.2, 0) is 0 Å². The molecule has 21 heavy (non-hydrogen) atoms. The molecule has 4 bridgehead atoms. The maximum Gasteiger partial charge on any atom is 0.123 e. The van der Waals surface area contributed by atoms with E-state index in [0.717, 1.165) is 28.9 Å². The molecule has 1 atom stereocenters. The van der Waals surface area contributed by atoms with Gasteiger partial charge in [-0.2, -0.15) is 0 Å². The molecule has 2 heteroatoms. The summed E-state index contributed by atoms with van der Waals surface area (Å²) < 4.78 is 13.6. The van der Waals surface area contributed by atoms with Crippen molar-refractivity contribution in [2.75, 3.05) is 0 Å². The van der Waals surface area contributed by atoms with Crippen LogP contribution >= 0.6 is 15.9 Å². The summed E-state index contributed by atoms with van der Waals surface area (Å²) in [7, 11) is 0. The van der Waals surface area contributed by atoms with Gasteiger partial charge in [0.1, 0.15) is 5.82 Å². The highest BCUT2D eigenvalue weighted by atomic mass is 79.9. The fourth-order valence-electron chi connectivity index (χ4n) is 6.12. The lowest BCUT2D eigenvalue weighted by molar-refractivity contribution is -0.0530. The molecule has 114 valence electrons. The second-order valence-corrected chi connectivity index (χ2v) is 9.01. The number of aryl methyl sites for hydroxylation is 2. The normalized spacial score (nSPS) is 38.8. The van der Waals surface area contributed by atoms with Crippen molar-refractivity contribution in [3.63, 3.8) is 0 Å². The van der Waals surface area contributed by atoms with E-state index < -0.39 is 0 Å². The minimum Gasteiger partial charge on any atom is -0.207 e. The van der Waals surface area contributed by atoms with E-state index in [2.05, 4.69) is 29.8 Å². The fourth-order valence-corrected chi connectivity index (χ4v) is 7.40. The molecule has 4 fully saturated rings. The smallest absolute Gasteiger partial charge is 0.123 e. The van der Waals surface area contributed by atoms with E-state index in [1.807, 2.05) is 0 Å². The van der Waals surface area contributed by atoms with Gasteiger partial charge in [-0.15, -0.1) is 0 Å². The molecule has 1 unspecified atom stereocenters. The molecule has 0 N–H and O–H groups in total. The van der Waals surface area contributed by atoms with Crippen LogP contribution in [0.5, 0.6) is 0 Å². The second kappa shape index (κ2) is 4.81. The van der Waals surface area contributed by atoms with Gasteiger partial charge in [-0.25, -0.2) is 4.39 Å². The monoisotopic (exact) mass is 350 g/mol. The van der Waals surface area contributed by atoms with E-state index in [9.17, 15) is 4.39 Å². The Hall–Kier alpha value is -0.370. The molecule has 1 aromatic carbocycles. The zero-order valence-corrected chi connectivity index (χ0v) is 14.5. The van der Waals surface area contributed by atoms with Crippen LogP contribution in [0.4, 0.5) is 4.39 Å². The number of benzene rings is 1. The van der Waals surface area contributed by atoms with Crippen molar-refractivity contribution >= 4 is 15.9 Å². The van der Waals surface area contributed by atoms with Crippen LogP contribution in [0, 0.1) is 42.8 Å². The molecule has 0 aliphatic heterocycles. The lowest BCUT2D eigenvalue weighted by Crippen LogP contribution is -2.48. The molecule has 5 rings (SSSR count). The van der Waals surface area contributed by atoms with Crippen LogP contribution in [0.1, 0.15) is 60.0 Å². The highest BCUT2D eigenvalue weighted by Crippen LogP contribution is 2.66. The molecule has 0 spiro atoms. The summed E-state index contributed by atoms with van der Waals surface area (Å²) in [4.78, 5) is 0.402. The van der Waals surface area contributed by atoms with Crippen molar-refractivity contribution in [3.8, 4) is 0 Å². The summed E-state index contributed by atoms with van der Waals surface area (Å²) in [6, 6.07) is 3.41. The molecule has 4 aliphatic rings. The van der Waals surface area contributed by atoms with E-state index in [1.165, 1.54) is 44.1 Å². The average molecular weight is 351 g/mol. The zero-order valence-electron chi connectivity index (χ0n) is 13.0. The van der Waals surface area contributed by atoms with Gasteiger partial charge in [0, 0.05) is 4.83 Å². The van der Waals surface area contributed by atoms with Gasteiger partial charge in [-0.1, -0.05) is 15.9 Å². The third kappa shape index (κ3) is 2.20. The molecular weight excluding hydrogens is 327 g/mol. The summed E-state index contributed by atoms with van der Waals surface area (Å²) in [5.74, 6) is 2.77. The molecule has 4 saturated carbocycles. The van der Waals surface area contributed by atoms with Crippen LogP contribution in [0.3, 0.4) is 0 Å². The first-order chi connectivity index (χ1) is 9.97. The molecule has 0 aromatic heterocycles. The lowest BCUT2D eigenvalue weighted by Gasteiger charge is -2.59.